The Kier molecular flexibility index (Phi) is 5.53. The number of carbonyl (C=O) groups is 1. The lowest BCUT2D eigenvalue weighted by Gasteiger charge is -2.07. The highest BCUT2D eigenvalue weighted by Gasteiger charge is 2.12. The van der Waals surface area contributed by atoms with E-state index in [0.717, 1.165) is 11.1 Å². The predicted octanol–water partition coefficient (Wildman–Crippen LogP) is 4.12. The van der Waals surface area contributed by atoms with Gasteiger partial charge in [-0.3, -0.25) is 4.79 Å². The maximum atomic E-state index is 13.9. The monoisotopic (exact) mass is 374 g/mol. The zero-order valence-corrected chi connectivity index (χ0v) is 14.7. The normalized spacial score (nSPS) is 10.6. The minimum absolute atomic E-state index is 0.0913. The minimum Gasteiger partial charge on any atom is -0.479 e. The van der Waals surface area contributed by atoms with Gasteiger partial charge in [-0.15, -0.1) is 0 Å². The van der Waals surface area contributed by atoms with E-state index < -0.39 is 0 Å². The first-order valence-electron chi connectivity index (χ1n) is 7.90. The van der Waals surface area contributed by atoms with Crippen molar-refractivity contribution < 1.29 is 18.4 Å². The highest BCUT2D eigenvalue weighted by molar-refractivity contribution is 6.30. The SMILES string of the molecule is COc1cc(C(=O)NCCc2ccc(-c3cc(Cl)ccc3F)cc2)on1. The topological polar surface area (TPSA) is 64.4 Å². The number of aromatic nitrogens is 1. The number of methoxy groups -OCH3 is 1. The van der Waals surface area contributed by atoms with Gasteiger partial charge in [0.05, 0.1) is 13.2 Å². The second kappa shape index (κ2) is 8.01. The number of nitrogens with zero attached hydrogens (tertiary/aromatic N) is 1. The maximum absolute atomic E-state index is 13.9. The zero-order chi connectivity index (χ0) is 18.5. The average Bonchev–Trinajstić information content (AvgIpc) is 3.14. The van der Waals surface area contributed by atoms with Crippen molar-refractivity contribution in [1.82, 2.24) is 10.5 Å². The van der Waals surface area contributed by atoms with Gasteiger partial charge in [-0.25, -0.2) is 4.39 Å². The largest absolute Gasteiger partial charge is 0.479 e. The molecule has 26 heavy (non-hydrogen) atoms. The Bertz CT molecular complexity index is 909. The van der Waals surface area contributed by atoms with E-state index in [1.165, 1.54) is 25.3 Å². The molecule has 0 aliphatic carbocycles. The summed E-state index contributed by atoms with van der Waals surface area (Å²) in [6.45, 7) is 0.423. The fourth-order valence-corrected chi connectivity index (χ4v) is 2.61. The molecule has 1 heterocycles. The lowest BCUT2D eigenvalue weighted by atomic mass is 10.0. The number of ether oxygens (including phenoxy) is 1. The molecular formula is C19H16ClFN2O3. The summed E-state index contributed by atoms with van der Waals surface area (Å²) in [4.78, 5) is 11.9. The quantitative estimate of drug-likeness (QED) is 0.705. The van der Waals surface area contributed by atoms with Crippen LogP contribution in [0.25, 0.3) is 11.1 Å². The summed E-state index contributed by atoms with van der Waals surface area (Å²) in [5.41, 5.74) is 2.20. The molecule has 0 unspecified atom stereocenters. The van der Waals surface area contributed by atoms with Crippen LogP contribution in [-0.2, 0) is 6.42 Å². The van der Waals surface area contributed by atoms with Crippen molar-refractivity contribution in [2.24, 2.45) is 0 Å². The molecular weight excluding hydrogens is 359 g/mol. The molecule has 3 aromatic rings. The third kappa shape index (κ3) is 4.21. The van der Waals surface area contributed by atoms with Gasteiger partial charge in [-0.05, 0) is 40.9 Å². The van der Waals surface area contributed by atoms with Crippen LogP contribution in [-0.4, -0.2) is 24.7 Å². The van der Waals surface area contributed by atoms with Crippen molar-refractivity contribution in [2.45, 2.75) is 6.42 Å². The van der Waals surface area contributed by atoms with Gasteiger partial charge in [0.25, 0.3) is 11.8 Å². The van der Waals surface area contributed by atoms with Crippen LogP contribution in [0.1, 0.15) is 16.1 Å². The third-order valence-electron chi connectivity index (χ3n) is 3.81. The van der Waals surface area contributed by atoms with Gasteiger partial charge in [0.15, 0.2) is 0 Å². The van der Waals surface area contributed by atoms with Gasteiger partial charge in [-0.1, -0.05) is 35.9 Å². The van der Waals surface area contributed by atoms with Crippen LogP contribution < -0.4 is 10.1 Å². The standard InChI is InChI=1S/C19H16ClFN2O3/c1-25-18-11-17(26-23-18)19(24)22-9-8-12-2-4-13(5-3-12)15-10-14(20)6-7-16(15)21/h2-7,10-11H,8-9H2,1H3,(H,22,24). The van der Waals surface area contributed by atoms with Gasteiger partial charge in [0.2, 0.25) is 5.76 Å². The summed E-state index contributed by atoms with van der Waals surface area (Å²) >= 11 is 5.93. The van der Waals surface area contributed by atoms with E-state index in [4.69, 9.17) is 20.9 Å². The Hall–Kier alpha value is -2.86. The smallest absolute Gasteiger partial charge is 0.290 e. The minimum atomic E-state index is -0.363. The number of hydrogen-bond donors (Lipinski definition) is 1. The number of amides is 1. The molecule has 0 aliphatic rings. The number of rotatable bonds is 6. The van der Waals surface area contributed by atoms with Gasteiger partial charge >= 0.3 is 0 Å². The molecule has 0 atom stereocenters. The lowest BCUT2D eigenvalue weighted by molar-refractivity contribution is 0.0917. The summed E-state index contributed by atoms with van der Waals surface area (Å²) in [5, 5.41) is 6.80. The summed E-state index contributed by atoms with van der Waals surface area (Å²) in [6, 6.07) is 13.3. The fraction of sp³-hybridized carbons (Fsp3) is 0.158. The highest BCUT2D eigenvalue weighted by Crippen LogP contribution is 2.26. The Morgan fingerprint density at radius 3 is 2.69 bits per heavy atom. The summed E-state index contributed by atoms with van der Waals surface area (Å²) in [6.07, 6.45) is 0.620. The zero-order valence-electron chi connectivity index (χ0n) is 14.0. The summed E-state index contributed by atoms with van der Waals surface area (Å²) in [7, 11) is 1.44. The van der Waals surface area contributed by atoms with E-state index in [-0.39, 0.29) is 23.4 Å². The molecule has 3 rings (SSSR count). The van der Waals surface area contributed by atoms with Crippen molar-refractivity contribution >= 4 is 17.5 Å². The second-order valence-corrected chi connectivity index (χ2v) is 6.00. The number of hydrogen-bond acceptors (Lipinski definition) is 4. The third-order valence-corrected chi connectivity index (χ3v) is 4.05. The molecule has 1 N–H and O–H groups in total. The van der Waals surface area contributed by atoms with Crippen LogP contribution in [0, 0.1) is 5.82 Å². The number of halogens is 2. The molecule has 2 aromatic carbocycles. The Labute approximate surface area is 154 Å². The first-order chi connectivity index (χ1) is 12.6. The van der Waals surface area contributed by atoms with Crippen molar-refractivity contribution in [2.75, 3.05) is 13.7 Å². The summed E-state index contributed by atoms with van der Waals surface area (Å²) in [5.74, 6) is -0.345. The van der Waals surface area contributed by atoms with Crippen LogP contribution in [0.5, 0.6) is 5.88 Å². The van der Waals surface area contributed by atoms with Crippen LogP contribution in [0.3, 0.4) is 0 Å². The van der Waals surface area contributed by atoms with Crippen molar-refractivity contribution in [3.05, 3.63) is 70.7 Å². The van der Waals surface area contributed by atoms with E-state index in [9.17, 15) is 9.18 Å². The molecule has 7 heteroatoms. The molecule has 0 saturated heterocycles. The van der Waals surface area contributed by atoms with E-state index in [2.05, 4.69) is 10.5 Å². The van der Waals surface area contributed by atoms with Crippen LogP contribution >= 0.6 is 11.6 Å². The number of nitrogens with one attached hydrogen (secondary N) is 1. The Morgan fingerprint density at radius 2 is 2.00 bits per heavy atom. The van der Waals surface area contributed by atoms with Gasteiger partial charge in [0.1, 0.15) is 5.82 Å². The van der Waals surface area contributed by atoms with Crippen LogP contribution in [0.4, 0.5) is 4.39 Å². The highest BCUT2D eigenvalue weighted by atomic mass is 35.5. The molecule has 134 valence electrons. The van der Waals surface area contributed by atoms with Gasteiger partial charge in [-0.2, -0.15) is 0 Å². The van der Waals surface area contributed by atoms with Crippen molar-refractivity contribution in [1.29, 1.82) is 0 Å². The fourth-order valence-electron chi connectivity index (χ4n) is 2.44. The molecule has 5 nitrogen and oxygen atoms in total. The molecule has 0 spiro atoms. The first kappa shape index (κ1) is 17.9. The predicted molar refractivity (Wildman–Crippen MR) is 95.9 cm³/mol. The van der Waals surface area contributed by atoms with Crippen molar-refractivity contribution in [3.63, 3.8) is 0 Å². The van der Waals surface area contributed by atoms with Gasteiger partial charge in [0, 0.05) is 17.1 Å². The Morgan fingerprint density at radius 1 is 1.23 bits per heavy atom. The lowest BCUT2D eigenvalue weighted by Crippen LogP contribution is -2.25. The molecule has 0 bridgehead atoms. The maximum Gasteiger partial charge on any atom is 0.290 e. The molecule has 0 fully saturated rings. The molecule has 0 radical (unpaired) electrons. The molecule has 0 saturated carbocycles. The van der Waals surface area contributed by atoms with E-state index in [0.29, 0.717) is 23.6 Å². The average molecular weight is 375 g/mol. The molecule has 1 aromatic heterocycles. The molecule has 0 aliphatic heterocycles. The Balaban J connectivity index is 1.57. The first-order valence-corrected chi connectivity index (χ1v) is 8.28. The van der Waals surface area contributed by atoms with E-state index >= 15 is 0 Å². The van der Waals surface area contributed by atoms with E-state index in [1.807, 2.05) is 24.3 Å². The van der Waals surface area contributed by atoms with Crippen molar-refractivity contribution in [3.8, 4) is 17.0 Å². The number of benzene rings is 2. The second-order valence-electron chi connectivity index (χ2n) is 5.56. The van der Waals surface area contributed by atoms with Gasteiger partial charge < -0.3 is 14.6 Å². The van der Waals surface area contributed by atoms with Crippen LogP contribution in [0.15, 0.2) is 53.1 Å². The van der Waals surface area contributed by atoms with E-state index in [1.54, 1.807) is 6.07 Å². The number of carbonyl (C=O) groups excluding carboxylic acids is 1. The van der Waals surface area contributed by atoms with Crippen LogP contribution in [0.2, 0.25) is 5.02 Å². The summed E-state index contributed by atoms with van der Waals surface area (Å²) < 4.78 is 23.6. The molecule has 1 amide bonds.